The Morgan fingerprint density at radius 1 is 0.759 bits per heavy atom. The van der Waals surface area contributed by atoms with Gasteiger partial charge in [-0.1, -0.05) is 136 Å². The molecule has 0 aliphatic rings. The Kier molecular flexibility index (Phi) is 12.3. The minimum atomic E-state index is 0.110. The van der Waals surface area contributed by atoms with Crippen molar-refractivity contribution in [1.82, 2.24) is 0 Å². The SMILES string of the molecule is CCCCCCCCCCCCCCC(=O)CC(Br)c1cccc2ccccc12. The fourth-order valence-corrected chi connectivity index (χ4v) is 4.86. The molecule has 0 spiro atoms. The maximum atomic E-state index is 12.4. The first-order chi connectivity index (χ1) is 14.2. The molecule has 0 aromatic heterocycles. The lowest BCUT2D eigenvalue weighted by Gasteiger charge is -2.12. The van der Waals surface area contributed by atoms with Crippen LogP contribution in [-0.2, 0) is 4.79 Å². The van der Waals surface area contributed by atoms with E-state index < -0.39 is 0 Å². The first-order valence-electron chi connectivity index (χ1n) is 11.9. The van der Waals surface area contributed by atoms with E-state index in [1.807, 2.05) is 0 Å². The van der Waals surface area contributed by atoms with E-state index in [-0.39, 0.29) is 4.83 Å². The van der Waals surface area contributed by atoms with Gasteiger partial charge in [-0.2, -0.15) is 0 Å². The third-order valence-electron chi connectivity index (χ3n) is 5.88. The molecular weight excluding hydrogens is 420 g/mol. The molecule has 1 atom stereocenters. The summed E-state index contributed by atoms with van der Waals surface area (Å²) in [5, 5.41) is 2.48. The number of benzene rings is 2. The minimum Gasteiger partial charge on any atom is -0.300 e. The molecule has 2 aromatic rings. The zero-order valence-electron chi connectivity index (χ0n) is 18.3. The van der Waals surface area contributed by atoms with Gasteiger partial charge in [-0.25, -0.2) is 0 Å². The van der Waals surface area contributed by atoms with Gasteiger partial charge >= 0.3 is 0 Å². The molecule has 0 saturated heterocycles. The van der Waals surface area contributed by atoms with Crippen molar-refractivity contribution in [2.45, 2.75) is 102 Å². The van der Waals surface area contributed by atoms with E-state index in [0.29, 0.717) is 12.2 Å². The molecule has 0 N–H and O–H groups in total. The van der Waals surface area contributed by atoms with Crippen molar-refractivity contribution in [3.63, 3.8) is 0 Å². The van der Waals surface area contributed by atoms with Crippen molar-refractivity contribution < 1.29 is 4.79 Å². The highest BCUT2D eigenvalue weighted by atomic mass is 79.9. The molecule has 0 fully saturated rings. The van der Waals surface area contributed by atoms with Gasteiger partial charge in [-0.3, -0.25) is 4.79 Å². The number of alkyl halides is 1. The summed E-state index contributed by atoms with van der Waals surface area (Å²) >= 11 is 3.76. The number of carbonyl (C=O) groups excluding carboxylic acids is 1. The van der Waals surface area contributed by atoms with E-state index >= 15 is 0 Å². The fourth-order valence-electron chi connectivity index (χ4n) is 4.10. The van der Waals surface area contributed by atoms with Crippen LogP contribution in [0.4, 0.5) is 0 Å². The van der Waals surface area contributed by atoms with Gasteiger partial charge in [-0.05, 0) is 22.8 Å². The highest BCUT2D eigenvalue weighted by Crippen LogP contribution is 2.33. The number of carbonyl (C=O) groups is 1. The Balaban J connectivity index is 1.54. The van der Waals surface area contributed by atoms with Gasteiger partial charge in [0.1, 0.15) is 5.78 Å². The smallest absolute Gasteiger partial charge is 0.134 e. The van der Waals surface area contributed by atoms with E-state index in [1.165, 1.54) is 87.0 Å². The molecule has 1 unspecified atom stereocenters. The zero-order chi connectivity index (χ0) is 20.7. The van der Waals surface area contributed by atoms with Crippen LogP contribution in [0.5, 0.6) is 0 Å². The summed E-state index contributed by atoms with van der Waals surface area (Å²) < 4.78 is 0. The second-order valence-corrected chi connectivity index (χ2v) is 9.52. The number of unbranched alkanes of at least 4 members (excludes halogenated alkanes) is 11. The van der Waals surface area contributed by atoms with Crippen LogP contribution in [0.15, 0.2) is 42.5 Å². The van der Waals surface area contributed by atoms with Crippen LogP contribution in [0, 0.1) is 0 Å². The Morgan fingerprint density at radius 3 is 1.97 bits per heavy atom. The van der Waals surface area contributed by atoms with Gasteiger partial charge in [0.25, 0.3) is 0 Å². The van der Waals surface area contributed by atoms with Crippen LogP contribution < -0.4 is 0 Å². The number of hydrogen-bond acceptors (Lipinski definition) is 1. The maximum absolute atomic E-state index is 12.4. The van der Waals surface area contributed by atoms with Crippen LogP contribution >= 0.6 is 15.9 Å². The second kappa shape index (κ2) is 14.8. The molecule has 0 heterocycles. The number of rotatable bonds is 16. The molecule has 2 aromatic carbocycles. The predicted octanol–water partition coefficient (Wildman–Crippen LogP) is 9.33. The predicted molar refractivity (Wildman–Crippen MR) is 131 cm³/mol. The summed E-state index contributed by atoms with van der Waals surface area (Å²) in [6.45, 7) is 2.27. The van der Waals surface area contributed by atoms with Crippen molar-refractivity contribution >= 4 is 32.5 Å². The lowest BCUT2D eigenvalue weighted by Crippen LogP contribution is -2.03. The quantitative estimate of drug-likeness (QED) is 0.181. The summed E-state index contributed by atoms with van der Waals surface area (Å²) in [6.07, 6.45) is 17.3. The fraction of sp³-hybridized carbons (Fsp3) is 0.593. The lowest BCUT2D eigenvalue weighted by atomic mass is 9.98. The standard InChI is InChI=1S/C27H39BrO/c1-2-3-4-5-6-7-8-9-10-11-12-13-19-24(29)22-27(28)26-21-16-18-23-17-14-15-20-25(23)26/h14-18,20-21,27H,2-13,19,22H2,1H3. The third kappa shape index (κ3) is 9.47. The summed E-state index contributed by atoms with van der Waals surface area (Å²) in [5.41, 5.74) is 1.23. The van der Waals surface area contributed by atoms with E-state index in [1.54, 1.807) is 0 Å². The Morgan fingerprint density at radius 2 is 1.31 bits per heavy atom. The number of ketones is 1. The van der Waals surface area contributed by atoms with Gasteiger partial charge in [0.05, 0.1) is 0 Å². The van der Waals surface area contributed by atoms with Gasteiger partial charge in [0, 0.05) is 17.7 Å². The average molecular weight is 460 g/mol. The summed E-state index contributed by atoms with van der Waals surface area (Å²) in [6, 6.07) is 14.8. The molecule has 0 saturated carbocycles. The van der Waals surface area contributed by atoms with Crippen LogP contribution in [0.25, 0.3) is 10.8 Å². The topological polar surface area (TPSA) is 17.1 Å². The summed E-state index contributed by atoms with van der Waals surface area (Å²) in [4.78, 5) is 12.5. The largest absolute Gasteiger partial charge is 0.300 e. The van der Waals surface area contributed by atoms with Crippen molar-refractivity contribution in [2.24, 2.45) is 0 Å². The third-order valence-corrected chi connectivity index (χ3v) is 6.69. The Hall–Kier alpha value is -1.15. The maximum Gasteiger partial charge on any atom is 0.134 e. The monoisotopic (exact) mass is 458 g/mol. The molecule has 29 heavy (non-hydrogen) atoms. The van der Waals surface area contributed by atoms with Crippen molar-refractivity contribution in [3.05, 3.63) is 48.0 Å². The Bertz CT molecular complexity index is 703. The molecular formula is C27H39BrO. The van der Waals surface area contributed by atoms with E-state index in [4.69, 9.17) is 0 Å². The number of hydrogen-bond donors (Lipinski definition) is 0. The molecule has 1 nitrogen and oxygen atoms in total. The highest BCUT2D eigenvalue weighted by Gasteiger charge is 2.15. The van der Waals surface area contributed by atoms with Gasteiger partial charge in [0.15, 0.2) is 0 Å². The minimum absolute atomic E-state index is 0.110. The average Bonchev–Trinajstić information content (AvgIpc) is 2.74. The van der Waals surface area contributed by atoms with Crippen LogP contribution in [-0.4, -0.2) is 5.78 Å². The van der Waals surface area contributed by atoms with Gasteiger partial charge in [-0.15, -0.1) is 0 Å². The molecule has 0 amide bonds. The van der Waals surface area contributed by atoms with Crippen molar-refractivity contribution in [2.75, 3.05) is 0 Å². The van der Waals surface area contributed by atoms with E-state index in [9.17, 15) is 4.79 Å². The molecule has 0 radical (unpaired) electrons. The molecule has 160 valence electrons. The molecule has 0 aliphatic heterocycles. The van der Waals surface area contributed by atoms with Crippen molar-refractivity contribution in [1.29, 1.82) is 0 Å². The summed E-state index contributed by atoms with van der Waals surface area (Å²) in [5.74, 6) is 0.381. The number of Topliss-reactive ketones (excluding diaryl/α,β-unsaturated/α-hetero) is 1. The van der Waals surface area contributed by atoms with Gasteiger partial charge in [0.2, 0.25) is 0 Å². The first-order valence-corrected chi connectivity index (χ1v) is 12.8. The number of fused-ring (bicyclic) bond motifs is 1. The normalized spacial score (nSPS) is 12.3. The van der Waals surface area contributed by atoms with Crippen LogP contribution in [0.2, 0.25) is 0 Å². The highest BCUT2D eigenvalue weighted by molar-refractivity contribution is 9.09. The number of halogens is 1. The van der Waals surface area contributed by atoms with Crippen LogP contribution in [0.1, 0.15) is 107 Å². The van der Waals surface area contributed by atoms with Crippen molar-refractivity contribution in [3.8, 4) is 0 Å². The summed E-state index contributed by atoms with van der Waals surface area (Å²) in [7, 11) is 0. The van der Waals surface area contributed by atoms with E-state index in [2.05, 4.69) is 65.3 Å². The van der Waals surface area contributed by atoms with Gasteiger partial charge < -0.3 is 0 Å². The first kappa shape index (κ1) is 24.1. The molecule has 2 heteroatoms. The van der Waals surface area contributed by atoms with E-state index in [0.717, 1.165) is 12.8 Å². The van der Waals surface area contributed by atoms with Crippen LogP contribution in [0.3, 0.4) is 0 Å². The molecule has 2 rings (SSSR count). The lowest BCUT2D eigenvalue weighted by molar-refractivity contribution is -0.119. The second-order valence-electron chi connectivity index (χ2n) is 8.42. The zero-order valence-corrected chi connectivity index (χ0v) is 19.9. The Labute approximate surface area is 186 Å². The molecule has 0 bridgehead atoms. The molecule has 0 aliphatic carbocycles.